The number of carboxylic acids is 1. The van der Waals surface area contributed by atoms with Crippen LogP contribution in [0.5, 0.6) is 0 Å². The molecule has 100 valence electrons. The Labute approximate surface area is 106 Å². The monoisotopic (exact) mass is 253 g/mol. The third-order valence-corrected chi connectivity index (χ3v) is 2.91. The Hall–Kier alpha value is -1.69. The average Bonchev–Trinajstić information content (AvgIpc) is 2.30. The van der Waals surface area contributed by atoms with E-state index in [1.807, 2.05) is 6.92 Å². The number of rotatable bonds is 6. The molecule has 3 N–H and O–H groups in total. The first-order valence-corrected chi connectivity index (χ1v) is 5.89. The maximum Gasteiger partial charge on any atom is 0.339 e. The second-order valence-electron chi connectivity index (χ2n) is 4.44. The summed E-state index contributed by atoms with van der Waals surface area (Å²) >= 11 is 0. The van der Waals surface area contributed by atoms with Gasteiger partial charge in [0.05, 0.1) is 5.69 Å². The van der Waals surface area contributed by atoms with E-state index in [4.69, 9.17) is 5.11 Å². The van der Waals surface area contributed by atoms with Crippen LogP contribution in [0.3, 0.4) is 0 Å². The molecule has 0 bridgehead atoms. The molecule has 0 radical (unpaired) electrons. The molecule has 18 heavy (non-hydrogen) atoms. The topological polar surface area (TPSA) is 95.3 Å². The fourth-order valence-electron chi connectivity index (χ4n) is 1.59. The molecule has 1 unspecified atom stereocenters. The highest BCUT2D eigenvalue weighted by molar-refractivity contribution is 5.94. The normalized spacial score (nSPS) is 12.2. The van der Waals surface area contributed by atoms with Gasteiger partial charge in [-0.05, 0) is 31.7 Å². The highest BCUT2D eigenvalue weighted by Crippen LogP contribution is 2.18. The number of aryl methyl sites for hydroxylation is 1. The van der Waals surface area contributed by atoms with Crippen molar-refractivity contribution >= 4 is 11.8 Å². The molecule has 0 saturated heterocycles. The first-order chi connectivity index (χ1) is 8.47. The molecule has 6 nitrogen and oxygen atoms in total. The van der Waals surface area contributed by atoms with Crippen LogP contribution in [0.2, 0.25) is 0 Å². The van der Waals surface area contributed by atoms with E-state index in [0.29, 0.717) is 24.2 Å². The van der Waals surface area contributed by atoms with Crippen molar-refractivity contribution in [3.8, 4) is 0 Å². The minimum atomic E-state index is -1.01. The number of carboxylic acid groups (broad SMARTS) is 1. The molecule has 0 aromatic carbocycles. The molecule has 0 spiro atoms. The number of nitrogens with zero attached hydrogens (tertiary/aromatic N) is 2. The van der Waals surface area contributed by atoms with Crippen molar-refractivity contribution in [3.05, 3.63) is 16.8 Å². The van der Waals surface area contributed by atoms with Gasteiger partial charge in [-0.1, -0.05) is 6.92 Å². The Bertz CT molecular complexity index is 435. The first kappa shape index (κ1) is 14.4. The lowest BCUT2D eigenvalue weighted by molar-refractivity contribution is 0.0696. The molecule has 1 aromatic rings. The Kier molecular flexibility index (Phi) is 5.03. The molecule has 1 heterocycles. The molecule has 0 aliphatic heterocycles. The predicted molar refractivity (Wildman–Crippen MR) is 67.8 cm³/mol. The van der Waals surface area contributed by atoms with Crippen LogP contribution >= 0.6 is 0 Å². The van der Waals surface area contributed by atoms with E-state index in [0.717, 1.165) is 0 Å². The molecule has 6 heteroatoms. The van der Waals surface area contributed by atoms with Gasteiger partial charge in [0.15, 0.2) is 5.82 Å². The second kappa shape index (κ2) is 6.30. The molecule has 0 fully saturated rings. The van der Waals surface area contributed by atoms with Gasteiger partial charge in [0.1, 0.15) is 5.56 Å². The summed E-state index contributed by atoms with van der Waals surface area (Å²) in [5.41, 5.74) is 1.40. The molecule has 0 amide bonds. The first-order valence-electron chi connectivity index (χ1n) is 5.89. The van der Waals surface area contributed by atoms with Crippen molar-refractivity contribution in [2.24, 2.45) is 5.92 Å². The number of hydrogen-bond donors (Lipinski definition) is 3. The van der Waals surface area contributed by atoms with Crippen molar-refractivity contribution in [2.45, 2.75) is 27.2 Å². The standard InChI is InChI=1S/C12H19N3O3/c1-7(4-5-16)6-13-11-10(12(17)18)8(2)9(3)14-15-11/h7,16H,4-6H2,1-3H3,(H,13,15)(H,17,18). The van der Waals surface area contributed by atoms with Gasteiger partial charge in [0.2, 0.25) is 0 Å². The number of anilines is 1. The third-order valence-electron chi connectivity index (χ3n) is 2.91. The van der Waals surface area contributed by atoms with Crippen LogP contribution in [0.1, 0.15) is 35.0 Å². The highest BCUT2D eigenvalue weighted by Gasteiger charge is 2.17. The maximum atomic E-state index is 11.2. The van der Waals surface area contributed by atoms with Crippen LogP contribution in [0.25, 0.3) is 0 Å². The number of aliphatic hydroxyl groups excluding tert-OH is 1. The van der Waals surface area contributed by atoms with E-state index in [9.17, 15) is 9.90 Å². The average molecular weight is 253 g/mol. The lowest BCUT2D eigenvalue weighted by atomic mass is 10.1. The SMILES string of the molecule is Cc1nnc(NCC(C)CCO)c(C(=O)O)c1C. The molecular weight excluding hydrogens is 234 g/mol. The lowest BCUT2D eigenvalue weighted by Crippen LogP contribution is -2.18. The van der Waals surface area contributed by atoms with E-state index >= 15 is 0 Å². The number of aromatic nitrogens is 2. The van der Waals surface area contributed by atoms with Gasteiger partial charge in [-0.2, -0.15) is 5.10 Å². The fourth-order valence-corrected chi connectivity index (χ4v) is 1.59. The molecule has 0 aliphatic rings. The summed E-state index contributed by atoms with van der Waals surface area (Å²) in [4.78, 5) is 11.2. The van der Waals surface area contributed by atoms with Crippen LogP contribution in [0.15, 0.2) is 0 Å². The van der Waals surface area contributed by atoms with Gasteiger partial charge in [0.25, 0.3) is 0 Å². The van der Waals surface area contributed by atoms with E-state index in [1.165, 1.54) is 0 Å². The number of nitrogens with one attached hydrogen (secondary N) is 1. The van der Waals surface area contributed by atoms with Crippen molar-refractivity contribution in [1.29, 1.82) is 0 Å². The van der Waals surface area contributed by atoms with Gasteiger partial charge >= 0.3 is 5.97 Å². The molecule has 0 saturated carbocycles. The molecule has 0 aliphatic carbocycles. The number of aliphatic hydroxyl groups is 1. The third kappa shape index (κ3) is 3.40. The Morgan fingerprint density at radius 3 is 2.61 bits per heavy atom. The van der Waals surface area contributed by atoms with Crippen LogP contribution in [-0.2, 0) is 0 Å². The highest BCUT2D eigenvalue weighted by atomic mass is 16.4. The van der Waals surface area contributed by atoms with Gasteiger partial charge in [-0.3, -0.25) is 0 Å². The van der Waals surface area contributed by atoms with E-state index in [1.54, 1.807) is 13.8 Å². The van der Waals surface area contributed by atoms with Gasteiger partial charge in [0, 0.05) is 13.2 Å². The molecule has 1 rings (SSSR count). The van der Waals surface area contributed by atoms with Gasteiger partial charge in [-0.15, -0.1) is 5.10 Å². The minimum Gasteiger partial charge on any atom is -0.478 e. The van der Waals surface area contributed by atoms with Gasteiger partial charge in [-0.25, -0.2) is 4.79 Å². The van der Waals surface area contributed by atoms with Crippen LogP contribution in [0.4, 0.5) is 5.82 Å². The lowest BCUT2D eigenvalue weighted by Gasteiger charge is -2.14. The maximum absolute atomic E-state index is 11.2. The van der Waals surface area contributed by atoms with Crippen LogP contribution in [-0.4, -0.2) is 39.5 Å². The Morgan fingerprint density at radius 1 is 1.39 bits per heavy atom. The smallest absolute Gasteiger partial charge is 0.339 e. The van der Waals surface area contributed by atoms with Crippen molar-refractivity contribution in [1.82, 2.24) is 10.2 Å². The zero-order chi connectivity index (χ0) is 13.7. The summed E-state index contributed by atoms with van der Waals surface area (Å²) in [5.74, 6) is -0.488. The van der Waals surface area contributed by atoms with E-state index < -0.39 is 5.97 Å². The largest absolute Gasteiger partial charge is 0.478 e. The number of aromatic carboxylic acids is 1. The second-order valence-corrected chi connectivity index (χ2v) is 4.44. The van der Waals surface area contributed by atoms with Crippen molar-refractivity contribution in [3.63, 3.8) is 0 Å². The summed E-state index contributed by atoms with van der Waals surface area (Å²) in [5, 5.41) is 28.8. The number of carbonyl (C=O) groups is 1. The van der Waals surface area contributed by atoms with Crippen molar-refractivity contribution < 1.29 is 15.0 Å². The summed E-state index contributed by atoms with van der Waals surface area (Å²) in [7, 11) is 0. The summed E-state index contributed by atoms with van der Waals surface area (Å²) in [6.45, 7) is 6.09. The number of hydrogen-bond acceptors (Lipinski definition) is 5. The van der Waals surface area contributed by atoms with Crippen molar-refractivity contribution in [2.75, 3.05) is 18.5 Å². The zero-order valence-electron chi connectivity index (χ0n) is 10.9. The summed E-state index contributed by atoms with van der Waals surface area (Å²) in [6.07, 6.45) is 0.660. The zero-order valence-corrected chi connectivity index (χ0v) is 10.9. The molecular formula is C12H19N3O3. The van der Waals surface area contributed by atoms with E-state index in [2.05, 4.69) is 15.5 Å². The molecule has 1 atom stereocenters. The molecule has 1 aromatic heterocycles. The summed E-state index contributed by atoms with van der Waals surface area (Å²) in [6, 6.07) is 0. The fraction of sp³-hybridized carbons (Fsp3) is 0.583. The van der Waals surface area contributed by atoms with Gasteiger partial charge < -0.3 is 15.5 Å². The summed E-state index contributed by atoms with van der Waals surface area (Å²) < 4.78 is 0. The Balaban J connectivity index is 2.89. The van der Waals surface area contributed by atoms with E-state index in [-0.39, 0.29) is 23.9 Å². The predicted octanol–water partition coefficient (Wildman–Crippen LogP) is 1.22. The Morgan fingerprint density at radius 2 is 2.06 bits per heavy atom. The van der Waals surface area contributed by atoms with Crippen LogP contribution < -0.4 is 5.32 Å². The quantitative estimate of drug-likeness (QED) is 0.705. The minimum absolute atomic E-state index is 0.118. The van der Waals surface area contributed by atoms with Crippen LogP contribution in [0, 0.1) is 19.8 Å².